The summed E-state index contributed by atoms with van der Waals surface area (Å²) in [4.78, 5) is 10.1. The lowest BCUT2D eigenvalue weighted by Gasteiger charge is -2.22. The molecule has 1 aromatic carbocycles. The van der Waals surface area contributed by atoms with E-state index in [2.05, 4.69) is 0 Å². The Labute approximate surface area is 115 Å². The molecule has 0 unspecified atom stereocenters. The molecule has 8 heteroatoms. The van der Waals surface area contributed by atoms with Crippen molar-refractivity contribution in [1.29, 1.82) is 0 Å². The Kier molecular flexibility index (Phi) is 4.75. The van der Waals surface area contributed by atoms with Gasteiger partial charge in [-0.3, -0.25) is 10.1 Å². The average Bonchev–Trinajstić information content (AvgIpc) is 2.24. The molecule has 0 atom stereocenters. The Hall–Kier alpha value is -1.34. The Morgan fingerprint density at radius 3 is 2.58 bits per heavy atom. The van der Waals surface area contributed by atoms with Gasteiger partial charge < -0.3 is 4.74 Å². The minimum absolute atomic E-state index is 0.0831. The number of rotatable bonds is 6. The Bertz CT molecular complexity index is 570. The normalized spacial score (nSPS) is 12.2. The van der Waals surface area contributed by atoms with Gasteiger partial charge in [0.2, 0.25) is 9.05 Å². The Balaban J connectivity index is 2.71. The van der Waals surface area contributed by atoms with Gasteiger partial charge in [-0.1, -0.05) is 19.9 Å². The van der Waals surface area contributed by atoms with Crippen LogP contribution in [0.25, 0.3) is 0 Å². The highest BCUT2D eigenvalue weighted by molar-refractivity contribution is 8.13. The summed E-state index contributed by atoms with van der Waals surface area (Å²) in [6.07, 6.45) is 0. The van der Waals surface area contributed by atoms with Crippen LogP contribution >= 0.6 is 10.7 Å². The van der Waals surface area contributed by atoms with Gasteiger partial charge in [0, 0.05) is 22.2 Å². The van der Waals surface area contributed by atoms with Crippen molar-refractivity contribution in [3.05, 3.63) is 34.4 Å². The minimum atomic E-state index is -3.62. The van der Waals surface area contributed by atoms with Crippen LogP contribution in [0.3, 0.4) is 0 Å². The van der Waals surface area contributed by atoms with Gasteiger partial charge in [-0.05, 0) is 6.07 Å². The Morgan fingerprint density at radius 1 is 1.42 bits per heavy atom. The lowest BCUT2D eigenvalue weighted by Crippen LogP contribution is -2.28. The van der Waals surface area contributed by atoms with Crippen molar-refractivity contribution in [3.8, 4) is 5.75 Å². The molecule has 0 saturated carbocycles. The third kappa shape index (κ3) is 5.89. The largest absolute Gasteiger partial charge is 0.493 e. The molecule has 0 N–H and O–H groups in total. The van der Waals surface area contributed by atoms with Crippen LogP contribution in [0, 0.1) is 15.5 Å². The molecule has 19 heavy (non-hydrogen) atoms. The van der Waals surface area contributed by atoms with Crippen LogP contribution in [0.5, 0.6) is 5.75 Å². The van der Waals surface area contributed by atoms with E-state index >= 15 is 0 Å². The number of nitro groups is 1. The van der Waals surface area contributed by atoms with E-state index < -0.39 is 19.4 Å². The first-order valence-electron chi connectivity index (χ1n) is 5.39. The predicted octanol–water partition coefficient (Wildman–Crippen LogP) is 2.57. The van der Waals surface area contributed by atoms with Crippen molar-refractivity contribution in [2.45, 2.75) is 13.8 Å². The lowest BCUT2D eigenvalue weighted by atomic mass is 9.98. The molecule has 0 spiro atoms. The summed E-state index contributed by atoms with van der Waals surface area (Å²) in [5.41, 5.74) is -0.772. The number of hydrogen-bond donors (Lipinski definition) is 0. The number of halogens is 1. The molecule has 0 aromatic heterocycles. The van der Waals surface area contributed by atoms with Gasteiger partial charge in [-0.25, -0.2) is 8.42 Å². The second-order valence-electron chi connectivity index (χ2n) is 4.89. The van der Waals surface area contributed by atoms with Crippen LogP contribution in [0.4, 0.5) is 5.69 Å². The number of non-ortho nitro benzene ring substituents is 1. The monoisotopic (exact) mass is 307 g/mol. The minimum Gasteiger partial charge on any atom is -0.493 e. The standard InChI is InChI=1S/C11H14ClNO5S/c1-11(2,8-19(12,16)17)7-18-10-5-3-4-9(6-10)13(14)15/h3-6H,7-8H2,1-2H3. The van der Waals surface area contributed by atoms with Crippen LogP contribution in [-0.2, 0) is 9.05 Å². The first-order valence-corrected chi connectivity index (χ1v) is 7.86. The molecule has 0 amide bonds. The molecule has 0 saturated heterocycles. The van der Waals surface area contributed by atoms with E-state index in [-0.39, 0.29) is 18.0 Å². The maximum absolute atomic E-state index is 11.0. The SMILES string of the molecule is CC(C)(COc1cccc([N+](=O)[O-])c1)CS(=O)(=O)Cl. The van der Waals surface area contributed by atoms with Crippen LogP contribution < -0.4 is 4.74 Å². The van der Waals surface area contributed by atoms with Crippen molar-refractivity contribution >= 4 is 25.4 Å². The van der Waals surface area contributed by atoms with Crippen molar-refractivity contribution < 1.29 is 18.1 Å². The fraction of sp³-hybridized carbons (Fsp3) is 0.455. The fourth-order valence-corrected chi connectivity index (χ4v) is 3.38. The Morgan fingerprint density at radius 2 is 2.05 bits per heavy atom. The van der Waals surface area contributed by atoms with Gasteiger partial charge in [0.25, 0.3) is 5.69 Å². The first-order chi connectivity index (χ1) is 8.59. The highest BCUT2D eigenvalue weighted by Gasteiger charge is 2.26. The molecule has 1 aromatic rings. The molecule has 6 nitrogen and oxygen atoms in total. The zero-order valence-electron chi connectivity index (χ0n) is 10.5. The molecule has 0 aliphatic carbocycles. The van der Waals surface area contributed by atoms with Gasteiger partial charge in [0.15, 0.2) is 0 Å². The van der Waals surface area contributed by atoms with Crippen molar-refractivity contribution in [2.24, 2.45) is 5.41 Å². The van der Waals surface area contributed by atoms with Crippen molar-refractivity contribution in [3.63, 3.8) is 0 Å². The van der Waals surface area contributed by atoms with Crippen LogP contribution in [-0.4, -0.2) is 25.7 Å². The molecule has 1 rings (SSSR count). The number of nitrogens with zero attached hydrogens (tertiary/aromatic N) is 1. The number of hydrogen-bond acceptors (Lipinski definition) is 5. The summed E-state index contributed by atoms with van der Waals surface area (Å²) in [5, 5.41) is 10.6. The number of benzene rings is 1. The zero-order valence-corrected chi connectivity index (χ0v) is 12.1. The summed E-state index contributed by atoms with van der Waals surface area (Å²) in [5.74, 6) is 0.0745. The second-order valence-corrected chi connectivity index (χ2v) is 7.67. The molecule has 0 aliphatic rings. The molecule has 0 bridgehead atoms. The third-order valence-corrected chi connectivity index (χ3v) is 3.67. The van der Waals surface area contributed by atoms with Gasteiger partial charge >= 0.3 is 0 Å². The van der Waals surface area contributed by atoms with Crippen LogP contribution in [0.2, 0.25) is 0 Å². The quantitative estimate of drug-likeness (QED) is 0.458. The second kappa shape index (κ2) is 5.75. The third-order valence-electron chi connectivity index (χ3n) is 2.22. The summed E-state index contributed by atoms with van der Waals surface area (Å²) >= 11 is 0. The van der Waals surface area contributed by atoms with E-state index in [4.69, 9.17) is 15.4 Å². The average molecular weight is 308 g/mol. The van der Waals surface area contributed by atoms with E-state index in [1.807, 2.05) is 0 Å². The molecule has 0 heterocycles. The molecule has 0 fully saturated rings. The van der Waals surface area contributed by atoms with Gasteiger partial charge in [-0.2, -0.15) is 0 Å². The smallest absolute Gasteiger partial charge is 0.273 e. The van der Waals surface area contributed by atoms with E-state index in [1.165, 1.54) is 18.2 Å². The first kappa shape index (κ1) is 15.7. The molecule has 0 aliphatic heterocycles. The van der Waals surface area contributed by atoms with Gasteiger partial charge in [0.1, 0.15) is 5.75 Å². The molecular weight excluding hydrogens is 294 g/mol. The topological polar surface area (TPSA) is 86.5 Å². The van der Waals surface area contributed by atoms with Crippen molar-refractivity contribution in [2.75, 3.05) is 12.4 Å². The van der Waals surface area contributed by atoms with Crippen molar-refractivity contribution in [1.82, 2.24) is 0 Å². The van der Waals surface area contributed by atoms with E-state index in [0.717, 1.165) is 0 Å². The molecule has 106 valence electrons. The lowest BCUT2D eigenvalue weighted by molar-refractivity contribution is -0.384. The predicted molar refractivity (Wildman–Crippen MR) is 72.0 cm³/mol. The summed E-state index contributed by atoms with van der Waals surface area (Å²) in [7, 11) is 1.57. The number of ether oxygens (including phenoxy) is 1. The summed E-state index contributed by atoms with van der Waals surface area (Å²) in [6, 6.07) is 5.70. The zero-order chi connectivity index (χ0) is 14.7. The van der Waals surface area contributed by atoms with Gasteiger partial charge in [-0.15, -0.1) is 0 Å². The van der Waals surface area contributed by atoms with E-state index in [0.29, 0.717) is 5.75 Å². The summed E-state index contributed by atoms with van der Waals surface area (Å²) in [6.45, 7) is 3.45. The van der Waals surface area contributed by atoms with E-state index in [1.54, 1.807) is 19.9 Å². The van der Waals surface area contributed by atoms with Gasteiger partial charge in [0.05, 0.1) is 23.3 Å². The van der Waals surface area contributed by atoms with E-state index in [9.17, 15) is 18.5 Å². The fourth-order valence-electron chi connectivity index (χ4n) is 1.47. The highest BCUT2D eigenvalue weighted by Crippen LogP contribution is 2.24. The number of nitro benzene ring substituents is 1. The molecular formula is C11H14ClNO5S. The summed E-state index contributed by atoms with van der Waals surface area (Å²) < 4.78 is 27.4. The highest BCUT2D eigenvalue weighted by atomic mass is 35.7. The molecule has 0 radical (unpaired) electrons. The van der Waals surface area contributed by atoms with Crippen LogP contribution in [0.1, 0.15) is 13.8 Å². The maximum Gasteiger partial charge on any atom is 0.273 e. The maximum atomic E-state index is 11.0. The van der Waals surface area contributed by atoms with Crippen LogP contribution in [0.15, 0.2) is 24.3 Å².